The Bertz CT molecular complexity index is 1120. The fraction of sp³-hybridized carbons (Fsp3) is 0.440. The molecule has 1 unspecified atom stereocenters. The van der Waals surface area contributed by atoms with E-state index in [9.17, 15) is 9.59 Å². The number of hydrogen-bond acceptors (Lipinski definition) is 3. The zero-order valence-electron chi connectivity index (χ0n) is 17.4. The summed E-state index contributed by atoms with van der Waals surface area (Å²) in [5.41, 5.74) is 2.47. The summed E-state index contributed by atoms with van der Waals surface area (Å²) in [5, 5.41) is 3.83. The van der Waals surface area contributed by atoms with Gasteiger partial charge in [-0.2, -0.15) is 0 Å². The first kappa shape index (κ1) is 20.4. The van der Waals surface area contributed by atoms with Crippen molar-refractivity contribution in [2.75, 3.05) is 6.54 Å². The van der Waals surface area contributed by atoms with Crippen molar-refractivity contribution in [3.05, 3.63) is 69.7 Å². The minimum Gasteiger partial charge on any atom is -0.408 e. The van der Waals surface area contributed by atoms with Gasteiger partial charge < -0.3 is 9.73 Å². The van der Waals surface area contributed by atoms with Crippen molar-refractivity contribution in [3.63, 3.8) is 0 Å². The molecule has 0 radical (unpaired) electrons. The largest absolute Gasteiger partial charge is 0.420 e. The lowest BCUT2D eigenvalue weighted by Gasteiger charge is -2.29. The first-order valence-electron chi connectivity index (χ1n) is 11.2. The van der Waals surface area contributed by atoms with E-state index in [1.54, 1.807) is 22.8 Å². The molecule has 2 aliphatic rings. The van der Waals surface area contributed by atoms with Crippen molar-refractivity contribution >= 4 is 28.6 Å². The third-order valence-electron chi connectivity index (χ3n) is 6.86. The Kier molecular flexibility index (Phi) is 5.61. The maximum absolute atomic E-state index is 13.0. The monoisotopic (exact) mass is 438 g/mol. The number of carbonyl (C=O) groups is 1. The van der Waals surface area contributed by atoms with E-state index in [0.29, 0.717) is 29.0 Å². The van der Waals surface area contributed by atoms with Gasteiger partial charge in [0.25, 0.3) is 0 Å². The van der Waals surface area contributed by atoms with Crippen LogP contribution in [0.5, 0.6) is 0 Å². The summed E-state index contributed by atoms with van der Waals surface area (Å²) in [4.78, 5) is 25.4. The first-order chi connectivity index (χ1) is 15.1. The van der Waals surface area contributed by atoms with Gasteiger partial charge in [0.2, 0.25) is 5.91 Å². The number of nitrogens with zero attached hydrogens (tertiary/aromatic N) is 1. The second-order valence-corrected chi connectivity index (χ2v) is 9.43. The summed E-state index contributed by atoms with van der Waals surface area (Å²) < 4.78 is 7.16. The van der Waals surface area contributed by atoms with E-state index in [4.69, 9.17) is 16.0 Å². The van der Waals surface area contributed by atoms with E-state index in [2.05, 4.69) is 17.4 Å². The molecule has 2 aliphatic carbocycles. The number of carbonyl (C=O) groups excluding carboxylic acids is 1. The number of halogens is 1. The lowest BCUT2D eigenvalue weighted by atomic mass is 9.85. The average Bonchev–Trinajstić information content (AvgIpc) is 3.55. The highest BCUT2D eigenvalue weighted by Gasteiger charge is 2.37. The normalized spacial score (nSPS) is 22.4. The van der Waals surface area contributed by atoms with Gasteiger partial charge in [0, 0.05) is 17.6 Å². The molecule has 2 saturated carbocycles. The van der Waals surface area contributed by atoms with Crippen molar-refractivity contribution in [1.82, 2.24) is 9.88 Å². The molecular formula is C25H27ClN2O3. The highest BCUT2D eigenvalue weighted by atomic mass is 35.5. The quantitative estimate of drug-likeness (QED) is 0.568. The van der Waals surface area contributed by atoms with Crippen LogP contribution in [0.25, 0.3) is 11.1 Å². The molecule has 0 aliphatic heterocycles. The van der Waals surface area contributed by atoms with Gasteiger partial charge in [0.1, 0.15) is 0 Å². The smallest absolute Gasteiger partial charge is 0.408 e. The lowest BCUT2D eigenvalue weighted by molar-refractivity contribution is -0.123. The molecule has 5 nitrogen and oxygen atoms in total. The molecule has 3 aromatic rings. The van der Waals surface area contributed by atoms with E-state index in [1.165, 1.54) is 0 Å². The molecule has 0 spiro atoms. The number of benzene rings is 2. The van der Waals surface area contributed by atoms with Crippen LogP contribution in [0.1, 0.15) is 56.0 Å². The number of aromatic nitrogens is 1. The standard InChI is InChI=1S/C25H27ClN2O3/c26-19-10-13-22-21(14-19)28(25(30)31-22)20-11-6-16(7-12-20)15-27-24(29)23(18-8-9-18)17-4-2-1-3-5-17/h1-5,10,13-14,16,18,20,23H,6-9,11-12,15H2,(H,27,29). The Morgan fingerprint density at radius 1 is 1.06 bits per heavy atom. The second kappa shape index (κ2) is 8.54. The maximum atomic E-state index is 13.0. The number of oxazole rings is 1. The van der Waals surface area contributed by atoms with Gasteiger partial charge in [-0.1, -0.05) is 41.9 Å². The third kappa shape index (κ3) is 4.29. The van der Waals surface area contributed by atoms with Crippen LogP contribution in [-0.4, -0.2) is 17.0 Å². The lowest BCUT2D eigenvalue weighted by Crippen LogP contribution is -2.36. The molecule has 162 valence electrons. The Balaban J connectivity index is 1.20. The molecule has 2 fully saturated rings. The molecule has 5 rings (SSSR count). The van der Waals surface area contributed by atoms with Crippen molar-refractivity contribution in [3.8, 4) is 0 Å². The fourth-order valence-corrected chi connectivity index (χ4v) is 5.21. The molecule has 1 heterocycles. The summed E-state index contributed by atoms with van der Waals surface area (Å²) >= 11 is 6.13. The highest BCUT2D eigenvalue weighted by Crippen LogP contribution is 2.43. The summed E-state index contributed by atoms with van der Waals surface area (Å²) in [6, 6.07) is 15.5. The van der Waals surface area contributed by atoms with Crippen LogP contribution in [0, 0.1) is 11.8 Å². The van der Waals surface area contributed by atoms with E-state index in [1.807, 2.05) is 18.2 Å². The number of fused-ring (bicyclic) bond motifs is 1. The third-order valence-corrected chi connectivity index (χ3v) is 7.09. The van der Waals surface area contributed by atoms with Crippen molar-refractivity contribution in [2.45, 2.75) is 50.5 Å². The van der Waals surface area contributed by atoms with Crippen molar-refractivity contribution < 1.29 is 9.21 Å². The minimum atomic E-state index is -0.316. The van der Waals surface area contributed by atoms with E-state index < -0.39 is 0 Å². The summed E-state index contributed by atoms with van der Waals surface area (Å²) in [6.07, 6.45) is 6.01. The summed E-state index contributed by atoms with van der Waals surface area (Å²) in [5.74, 6) is 0.726. The van der Waals surface area contributed by atoms with Crippen molar-refractivity contribution in [2.24, 2.45) is 11.8 Å². The van der Waals surface area contributed by atoms with Crippen LogP contribution in [0.4, 0.5) is 0 Å². The van der Waals surface area contributed by atoms with E-state index in [-0.39, 0.29) is 23.6 Å². The summed E-state index contributed by atoms with van der Waals surface area (Å²) in [6.45, 7) is 0.703. The maximum Gasteiger partial charge on any atom is 0.420 e. The Hall–Kier alpha value is -2.53. The zero-order chi connectivity index (χ0) is 21.4. The second-order valence-electron chi connectivity index (χ2n) is 9.00. The first-order valence-corrected chi connectivity index (χ1v) is 11.6. The van der Waals surface area contributed by atoms with Gasteiger partial charge in [0.15, 0.2) is 5.58 Å². The summed E-state index contributed by atoms with van der Waals surface area (Å²) in [7, 11) is 0. The molecule has 0 saturated heterocycles. The zero-order valence-corrected chi connectivity index (χ0v) is 18.2. The van der Waals surface area contributed by atoms with Gasteiger partial charge in [-0.15, -0.1) is 0 Å². The van der Waals surface area contributed by atoms with Crippen LogP contribution in [-0.2, 0) is 4.79 Å². The van der Waals surface area contributed by atoms with Crippen LogP contribution >= 0.6 is 11.6 Å². The molecule has 1 N–H and O–H groups in total. The average molecular weight is 439 g/mol. The number of nitrogens with one attached hydrogen (secondary N) is 1. The molecule has 2 aromatic carbocycles. The minimum absolute atomic E-state index is 0.0295. The van der Waals surface area contributed by atoms with Crippen LogP contribution in [0.15, 0.2) is 57.7 Å². The van der Waals surface area contributed by atoms with E-state index >= 15 is 0 Å². The molecule has 31 heavy (non-hydrogen) atoms. The van der Waals surface area contributed by atoms with Crippen LogP contribution in [0.3, 0.4) is 0 Å². The molecule has 6 heteroatoms. The van der Waals surface area contributed by atoms with Gasteiger partial charge >= 0.3 is 5.76 Å². The molecule has 1 atom stereocenters. The predicted molar refractivity (Wildman–Crippen MR) is 121 cm³/mol. The van der Waals surface area contributed by atoms with Gasteiger partial charge in [0.05, 0.1) is 11.4 Å². The number of amides is 1. The topological polar surface area (TPSA) is 64.2 Å². The highest BCUT2D eigenvalue weighted by molar-refractivity contribution is 6.31. The molecule has 1 aromatic heterocycles. The SMILES string of the molecule is O=C(NCC1CCC(n2c(=O)oc3ccc(Cl)cc32)CC1)C(c1ccccc1)C1CC1. The molecule has 1 amide bonds. The molecule has 0 bridgehead atoms. The van der Waals surface area contributed by atoms with Crippen LogP contribution in [0.2, 0.25) is 5.02 Å². The van der Waals surface area contributed by atoms with Crippen molar-refractivity contribution in [1.29, 1.82) is 0 Å². The number of rotatable bonds is 6. The molecular weight excluding hydrogens is 412 g/mol. The van der Waals surface area contributed by atoms with Crippen LogP contribution < -0.4 is 11.1 Å². The predicted octanol–water partition coefficient (Wildman–Crippen LogP) is 5.29. The Morgan fingerprint density at radius 3 is 2.52 bits per heavy atom. The van der Waals surface area contributed by atoms with Gasteiger partial charge in [-0.3, -0.25) is 9.36 Å². The van der Waals surface area contributed by atoms with Gasteiger partial charge in [-0.05, 0) is 74.1 Å². The van der Waals surface area contributed by atoms with E-state index in [0.717, 1.165) is 49.6 Å². The fourth-order valence-electron chi connectivity index (χ4n) is 5.04. The Labute approximate surface area is 186 Å². The number of hydrogen-bond donors (Lipinski definition) is 1. The Morgan fingerprint density at radius 2 is 1.81 bits per heavy atom. The van der Waals surface area contributed by atoms with Gasteiger partial charge in [-0.25, -0.2) is 4.79 Å².